The second-order valence-electron chi connectivity index (χ2n) is 4.84. The molecule has 18 heavy (non-hydrogen) atoms. The first-order valence-corrected chi connectivity index (χ1v) is 6.17. The highest BCUT2D eigenvalue weighted by Gasteiger charge is 2.18. The highest BCUT2D eigenvalue weighted by atomic mass is 16.5. The van der Waals surface area contributed by atoms with Crippen molar-refractivity contribution in [2.75, 3.05) is 7.11 Å². The second-order valence-corrected chi connectivity index (χ2v) is 4.84. The molecule has 2 N–H and O–H groups in total. The SMILES string of the molecule is COC1=CCC2=c3cnn(C[C@@H](C)N)c3=CC2=C1. The third-order valence-electron chi connectivity index (χ3n) is 3.35. The lowest BCUT2D eigenvalue weighted by atomic mass is 9.99. The number of ether oxygens (including phenoxy) is 1. The highest BCUT2D eigenvalue weighted by Crippen LogP contribution is 2.26. The van der Waals surface area contributed by atoms with E-state index in [1.54, 1.807) is 7.11 Å². The highest BCUT2D eigenvalue weighted by molar-refractivity contribution is 5.83. The van der Waals surface area contributed by atoms with E-state index >= 15 is 0 Å². The summed E-state index contributed by atoms with van der Waals surface area (Å²) in [6, 6.07) is 0.108. The summed E-state index contributed by atoms with van der Waals surface area (Å²) in [5, 5.41) is 6.81. The van der Waals surface area contributed by atoms with E-state index in [0.717, 1.165) is 18.7 Å². The molecule has 0 fully saturated rings. The van der Waals surface area contributed by atoms with Gasteiger partial charge in [0.25, 0.3) is 0 Å². The van der Waals surface area contributed by atoms with E-state index in [9.17, 15) is 0 Å². The fraction of sp³-hybridized carbons (Fsp3) is 0.357. The molecule has 94 valence electrons. The van der Waals surface area contributed by atoms with Crippen molar-refractivity contribution >= 4 is 11.6 Å². The molecule has 1 heterocycles. The molecule has 3 rings (SSSR count). The van der Waals surface area contributed by atoms with Gasteiger partial charge in [0.05, 0.1) is 25.2 Å². The van der Waals surface area contributed by atoms with Gasteiger partial charge in [-0.2, -0.15) is 5.10 Å². The lowest BCUT2D eigenvalue weighted by Crippen LogP contribution is -2.33. The van der Waals surface area contributed by atoms with Crippen LogP contribution in [0.15, 0.2) is 29.7 Å². The number of hydrogen-bond acceptors (Lipinski definition) is 3. The summed E-state index contributed by atoms with van der Waals surface area (Å²) in [7, 11) is 1.70. The molecular weight excluding hydrogens is 226 g/mol. The number of fused-ring (bicyclic) bond motifs is 2. The van der Waals surface area contributed by atoms with E-state index in [0.29, 0.717) is 0 Å². The lowest BCUT2D eigenvalue weighted by molar-refractivity contribution is 0.305. The summed E-state index contributed by atoms with van der Waals surface area (Å²) in [6.45, 7) is 2.74. The van der Waals surface area contributed by atoms with Gasteiger partial charge in [0.1, 0.15) is 5.76 Å². The Kier molecular flexibility index (Phi) is 2.59. The van der Waals surface area contributed by atoms with Crippen LogP contribution < -0.4 is 16.3 Å². The Hall–Kier alpha value is -1.81. The number of nitrogens with two attached hydrogens (primary N) is 1. The zero-order valence-corrected chi connectivity index (χ0v) is 10.7. The van der Waals surface area contributed by atoms with Crippen molar-refractivity contribution in [1.29, 1.82) is 0 Å². The minimum Gasteiger partial charge on any atom is -0.497 e. The number of rotatable bonds is 3. The molecule has 0 amide bonds. The molecule has 2 aliphatic carbocycles. The summed E-state index contributed by atoms with van der Waals surface area (Å²) >= 11 is 0. The van der Waals surface area contributed by atoms with Crippen LogP contribution in [0, 0.1) is 0 Å². The monoisotopic (exact) mass is 243 g/mol. The Morgan fingerprint density at radius 3 is 3.06 bits per heavy atom. The molecule has 0 aliphatic heterocycles. The third-order valence-corrected chi connectivity index (χ3v) is 3.35. The van der Waals surface area contributed by atoms with Crippen molar-refractivity contribution in [1.82, 2.24) is 9.78 Å². The van der Waals surface area contributed by atoms with Gasteiger partial charge < -0.3 is 10.5 Å². The van der Waals surface area contributed by atoms with Gasteiger partial charge in [-0.3, -0.25) is 4.68 Å². The quantitative estimate of drug-likeness (QED) is 0.815. The van der Waals surface area contributed by atoms with E-state index in [-0.39, 0.29) is 6.04 Å². The molecule has 0 radical (unpaired) electrons. The smallest absolute Gasteiger partial charge is 0.115 e. The topological polar surface area (TPSA) is 53.1 Å². The number of nitrogens with zero attached hydrogens (tertiary/aromatic N) is 2. The average Bonchev–Trinajstić information content (AvgIpc) is 2.88. The van der Waals surface area contributed by atoms with Gasteiger partial charge in [-0.1, -0.05) is 0 Å². The molecule has 0 saturated heterocycles. The van der Waals surface area contributed by atoms with Gasteiger partial charge in [0.2, 0.25) is 0 Å². The van der Waals surface area contributed by atoms with E-state index < -0.39 is 0 Å². The first-order chi connectivity index (χ1) is 8.69. The van der Waals surface area contributed by atoms with E-state index in [2.05, 4.69) is 23.3 Å². The molecular formula is C14H17N3O. The zero-order valence-electron chi connectivity index (χ0n) is 10.7. The second kappa shape index (κ2) is 4.14. The average molecular weight is 243 g/mol. The molecule has 0 bridgehead atoms. The maximum Gasteiger partial charge on any atom is 0.115 e. The Balaban J connectivity index is 2.09. The standard InChI is InChI=1S/C14H17N3O/c1-9(15)8-17-14-6-10-5-11(18-2)3-4-12(10)13(14)7-16-17/h3,5-7,9H,4,8,15H2,1-2H3/t9-/m1/s1. The number of allylic oxidation sites excluding steroid dienone is 3. The van der Waals surface area contributed by atoms with Gasteiger partial charge in [0, 0.05) is 11.3 Å². The minimum absolute atomic E-state index is 0.108. The Morgan fingerprint density at radius 2 is 2.33 bits per heavy atom. The fourth-order valence-corrected chi connectivity index (χ4v) is 2.50. The predicted molar refractivity (Wildman–Crippen MR) is 70.8 cm³/mol. The normalized spacial score (nSPS) is 18.5. The van der Waals surface area contributed by atoms with Gasteiger partial charge in [-0.25, -0.2) is 0 Å². The Bertz CT molecular complexity index is 662. The molecule has 0 saturated carbocycles. The van der Waals surface area contributed by atoms with Crippen molar-refractivity contribution in [2.24, 2.45) is 5.73 Å². The molecule has 0 aromatic carbocycles. The van der Waals surface area contributed by atoms with Crippen molar-refractivity contribution in [3.63, 3.8) is 0 Å². The summed E-state index contributed by atoms with van der Waals surface area (Å²) in [6.07, 6.45) is 9.20. The first kappa shape index (κ1) is 11.3. The Morgan fingerprint density at radius 1 is 1.50 bits per heavy atom. The molecule has 4 nitrogen and oxygen atoms in total. The van der Waals surface area contributed by atoms with Crippen molar-refractivity contribution in [3.05, 3.63) is 40.2 Å². The first-order valence-electron chi connectivity index (χ1n) is 6.17. The number of aromatic nitrogens is 2. The van der Waals surface area contributed by atoms with Crippen LogP contribution in [0.5, 0.6) is 0 Å². The van der Waals surface area contributed by atoms with E-state index in [4.69, 9.17) is 10.5 Å². The molecule has 1 aromatic heterocycles. The van der Waals surface area contributed by atoms with E-state index in [1.807, 2.05) is 17.8 Å². The van der Waals surface area contributed by atoms with E-state index in [1.165, 1.54) is 21.7 Å². The largest absolute Gasteiger partial charge is 0.497 e. The Labute approximate surface area is 106 Å². The zero-order chi connectivity index (χ0) is 12.7. The molecule has 0 spiro atoms. The lowest BCUT2D eigenvalue weighted by Gasteiger charge is -2.11. The predicted octanol–water partition coefficient (Wildman–Crippen LogP) is 0.0355. The fourth-order valence-electron chi connectivity index (χ4n) is 2.50. The van der Waals surface area contributed by atoms with Crippen LogP contribution in [0.4, 0.5) is 0 Å². The van der Waals surface area contributed by atoms with Crippen LogP contribution in [0.3, 0.4) is 0 Å². The number of hydrogen-bond donors (Lipinski definition) is 1. The van der Waals surface area contributed by atoms with Crippen molar-refractivity contribution < 1.29 is 4.74 Å². The van der Waals surface area contributed by atoms with Gasteiger partial charge in [-0.15, -0.1) is 0 Å². The summed E-state index contributed by atoms with van der Waals surface area (Å²) in [5.41, 5.74) is 8.41. The van der Waals surface area contributed by atoms with Crippen molar-refractivity contribution in [3.8, 4) is 0 Å². The molecule has 1 aromatic rings. The summed E-state index contributed by atoms with van der Waals surface area (Å²) in [4.78, 5) is 0. The molecule has 2 aliphatic rings. The van der Waals surface area contributed by atoms with Crippen LogP contribution in [-0.4, -0.2) is 22.9 Å². The summed E-state index contributed by atoms with van der Waals surface area (Å²) < 4.78 is 7.26. The van der Waals surface area contributed by atoms with Crippen molar-refractivity contribution in [2.45, 2.75) is 25.9 Å². The maximum absolute atomic E-state index is 5.84. The van der Waals surface area contributed by atoms with Gasteiger partial charge >= 0.3 is 0 Å². The maximum atomic E-state index is 5.84. The van der Waals surface area contributed by atoms with Crippen LogP contribution in [-0.2, 0) is 11.3 Å². The minimum atomic E-state index is 0.108. The number of methoxy groups -OCH3 is 1. The molecule has 4 heteroatoms. The summed E-state index contributed by atoms with van der Waals surface area (Å²) in [5.74, 6) is 0.932. The van der Waals surface area contributed by atoms with Crippen LogP contribution >= 0.6 is 0 Å². The molecule has 1 atom stereocenters. The molecule has 0 unspecified atom stereocenters. The van der Waals surface area contributed by atoms with Crippen LogP contribution in [0.2, 0.25) is 0 Å². The van der Waals surface area contributed by atoms with Crippen LogP contribution in [0.1, 0.15) is 13.3 Å². The third kappa shape index (κ3) is 1.69. The van der Waals surface area contributed by atoms with Gasteiger partial charge in [-0.05, 0) is 42.7 Å². The van der Waals surface area contributed by atoms with Gasteiger partial charge in [0.15, 0.2) is 0 Å². The van der Waals surface area contributed by atoms with Crippen LogP contribution in [0.25, 0.3) is 11.6 Å².